The van der Waals surface area contributed by atoms with E-state index >= 15 is 0 Å². The molecular formula is C21H23IN2O4. The number of methoxy groups -OCH3 is 1. The molecule has 0 aliphatic carbocycles. The molecule has 0 amide bonds. The highest BCUT2D eigenvalue weighted by Gasteiger charge is 2.30. The van der Waals surface area contributed by atoms with Crippen molar-refractivity contribution >= 4 is 23.0 Å². The van der Waals surface area contributed by atoms with Gasteiger partial charge in [0, 0.05) is 11.5 Å². The van der Waals surface area contributed by atoms with Gasteiger partial charge in [-0.15, -0.1) is 0 Å². The van der Waals surface area contributed by atoms with E-state index in [4.69, 9.17) is 9.47 Å². The third-order valence-corrected chi connectivity index (χ3v) is 4.12. The molecule has 0 aliphatic heterocycles. The molecule has 3 rings (SSSR count). The summed E-state index contributed by atoms with van der Waals surface area (Å²) in [5.74, 6) is -0.470. The minimum atomic E-state index is -0.649. The Morgan fingerprint density at radius 3 is 2.39 bits per heavy atom. The Hall–Kier alpha value is -2.42. The summed E-state index contributed by atoms with van der Waals surface area (Å²) in [7, 11) is 3.15. The summed E-state index contributed by atoms with van der Waals surface area (Å²) in [6, 6.07) is 12.8. The van der Waals surface area contributed by atoms with Crippen LogP contribution in [0, 0.1) is 0 Å². The van der Waals surface area contributed by atoms with Crippen molar-refractivity contribution in [1.29, 1.82) is 0 Å². The lowest BCUT2D eigenvalue weighted by Gasteiger charge is -2.20. The zero-order valence-electron chi connectivity index (χ0n) is 16.5. The van der Waals surface area contributed by atoms with Crippen LogP contribution in [0.1, 0.15) is 31.1 Å². The van der Waals surface area contributed by atoms with Crippen molar-refractivity contribution in [2.45, 2.75) is 26.4 Å². The average Bonchev–Trinajstić information content (AvgIpc) is 2.98. The number of carbonyl (C=O) groups is 2. The summed E-state index contributed by atoms with van der Waals surface area (Å²) >= 11 is 0. The quantitative estimate of drug-likeness (QED) is 0.299. The predicted molar refractivity (Wildman–Crippen MR) is 102 cm³/mol. The maximum Gasteiger partial charge on any atom is 0.419 e. The van der Waals surface area contributed by atoms with Crippen LogP contribution in [0.25, 0.3) is 22.3 Å². The van der Waals surface area contributed by atoms with Gasteiger partial charge in [-0.3, -0.25) is 0 Å². The molecule has 0 fully saturated rings. The van der Waals surface area contributed by atoms with E-state index in [-0.39, 0.29) is 24.0 Å². The van der Waals surface area contributed by atoms with Crippen LogP contribution < -0.4 is 28.5 Å². The van der Waals surface area contributed by atoms with E-state index in [1.165, 1.54) is 11.7 Å². The van der Waals surface area contributed by atoms with Crippen LogP contribution in [0.5, 0.6) is 0 Å². The lowest BCUT2D eigenvalue weighted by Crippen LogP contribution is -3.00. The molecule has 0 aliphatic rings. The van der Waals surface area contributed by atoms with Crippen LogP contribution in [0.2, 0.25) is 0 Å². The Bertz CT molecular complexity index is 1030. The number of ether oxygens (including phenoxy) is 2. The van der Waals surface area contributed by atoms with Gasteiger partial charge in [0.15, 0.2) is 6.20 Å². The standard InChI is InChI=1S/C21H23N2O4.HI/c1-21(2,3)27-20(25)23-16-11-7-6-9-14(16)13-17(23)18-15(19(24)26-5)10-8-12-22(18)4;/h6-13H,1-5H3;1H/q+1;/p-1. The van der Waals surface area contributed by atoms with Gasteiger partial charge < -0.3 is 33.5 Å². The van der Waals surface area contributed by atoms with Gasteiger partial charge in [0.1, 0.15) is 23.9 Å². The van der Waals surface area contributed by atoms with E-state index < -0.39 is 17.7 Å². The molecule has 0 spiro atoms. The Kier molecular flexibility index (Phi) is 6.48. The molecular weight excluding hydrogens is 471 g/mol. The molecule has 0 atom stereocenters. The summed E-state index contributed by atoms with van der Waals surface area (Å²) < 4.78 is 13.8. The van der Waals surface area contributed by atoms with Crippen molar-refractivity contribution in [3.05, 3.63) is 54.2 Å². The van der Waals surface area contributed by atoms with Gasteiger partial charge in [0.05, 0.1) is 12.6 Å². The van der Waals surface area contributed by atoms with E-state index in [9.17, 15) is 9.59 Å². The zero-order chi connectivity index (χ0) is 19.8. The van der Waals surface area contributed by atoms with E-state index in [0.717, 1.165) is 5.39 Å². The highest BCUT2D eigenvalue weighted by molar-refractivity contribution is 6.00. The maximum absolute atomic E-state index is 13.0. The van der Waals surface area contributed by atoms with Crippen molar-refractivity contribution in [2.75, 3.05) is 7.11 Å². The van der Waals surface area contributed by atoms with Gasteiger partial charge >= 0.3 is 12.1 Å². The van der Waals surface area contributed by atoms with Crippen LogP contribution in [0.15, 0.2) is 48.7 Å². The molecule has 6 nitrogen and oxygen atoms in total. The number of fused-ring (bicyclic) bond motifs is 1. The normalized spacial score (nSPS) is 11.0. The maximum atomic E-state index is 13.0. The number of aromatic nitrogens is 2. The fourth-order valence-corrected chi connectivity index (χ4v) is 3.04. The number of nitrogens with zero attached hydrogens (tertiary/aromatic N) is 2. The Balaban J connectivity index is 0.00000280. The highest BCUT2D eigenvalue weighted by atomic mass is 127. The number of rotatable bonds is 2. The monoisotopic (exact) mass is 494 g/mol. The first kappa shape index (κ1) is 21.9. The van der Waals surface area contributed by atoms with Gasteiger partial charge in [0.25, 0.3) is 0 Å². The third kappa shape index (κ3) is 4.19. The smallest absolute Gasteiger partial charge is 0.419 e. The molecule has 2 heterocycles. The summed E-state index contributed by atoms with van der Waals surface area (Å²) in [6.45, 7) is 5.45. The Morgan fingerprint density at radius 1 is 1.07 bits per heavy atom. The van der Waals surface area contributed by atoms with Crippen LogP contribution in [0.4, 0.5) is 4.79 Å². The molecule has 0 bridgehead atoms. The van der Waals surface area contributed by atoms with Crippen molar-refractivity contribution < 1.29 is 47.6 Å². The second-order valence-corrected chi connectivity index (χ2v) is 7.28. The van der Waals surface area contributed by atoms with Gasteiger partial charge in [-0.1, -0.05) is 18.2 Å². The number of hydrogen-bond acceptors (Lipinski definition) is 4. The predicted octanol–water partition coefficient (Wildman–Crippen LogP) is 0.707. The molecule has 7 heteroatoms. The Morgan fingerprint density at radius 2 is 1.75 bits per heavy atom. The molecule has 148 valence electrons. The zero-order valence-corrected chi connectivity index (χ0v) is 18.7. The number of hydrogen-bond donors (Lipinski definition) is 0. The highest BCUT2D eigenvalue weighted by Crippen LogP contribution is 2.29. The number of benzene rings is 1. The third-order valence-electron chi connectivity index (χ3n) is 4.12. The number of esters is 1. The molecule has 0 N–H and O–H groups in total. The SMILES string of the molecule is COC(=O)c1ccc[n+](C)c1-c1cc2ccccc2n1C(=O)OC(C)(C)C.[I-]. The van der Waals surface area contributed by atoms with E-state index in [2.05, 4.69) is 0 Å². The van der Waals surface area contributed by atoms with Gasteiger partial charge in [0.2, 0.25) is 5.69 Å². The number of halogens is 1. The second-order valence-electron chi connectivity index (χ2n) is 7.28. The van der Waals surface area contributed by atoms with Crippen molar-refractivity contribution in [3.8, 4) is 11.4 Å². The molecule has 0 saturated heterocycles. The van der Waals surface area contributed by atoms with E-state index in [1.54, 1.807) is 16.7 Å². The fraction of sp³-hybridized carbons (Fsp3) is 0.286. The summed E-state index contributed by atoms with van der Waals surface area (Å²) in [4.78, 5) is 25.3. The minimum Gasteiger partial charge on any atom is -1.00 e. The molecule has 28 heavy (non-hydrogen) atoms. The van der Waals surface area contributed by atoms with Gasteiger partial charge in [-0.2, -0.15) is 4.57 Å². The topological polar surface area (TPSA) is 61.4 Å². The van der Waals surface area contributed by atoms with Crippen molar-refractivity contribution in [3.63, 3.8) is 0 Å². The summed E-state index contributed by atoms with van der Waals surface area (Å²) in [5, 5.41) is 0.873. The fourth-order valence-electron chi connectivity index (χ4n) is 3.04. The van der Waals surface area contributed by atoms with E-state index in [0.29, 0.717) is 22.5 Å². The molecule has 2 aromatic heterocycles. The molecule has 1 aromatic carbocycles. The van der Waals surface area contributed by atoms with Gasteiger partial charge in [-0.05, 0) is 39.0 Å². The lowest BCUT2D eigenvalue weighted by molar-refractivity contribution is -0.660. The largest absolute Gasteiger partial charge is 1.00 e. The van der Waals surface area contributed by atoms with Crippen LogP contribution in [-0.4, -0.2) is 29.3 Å². The molecule has 0 saturated carbocycles. The number of aryl methyl sites for hydroxylation is 1. The first-order valence-electron chi connectivity index (χ1n) is 8.64. The van der Waals surface area contributed by atoms with E-state index in [1.807, 2.05) is 64.3 Å². The molecule has 3 aromatic rings. The number of pyridine rings is 1. The van der Waals surface area contributed by atoms with Crippen LogP contribution in [0.3, 0.4) is 0 Å². The average molecular weight is 494 g/mol. The van der Waals surface area contributed by atoms with Crippen LogP contribution in [-0.2, 0) is 16.5 Å². The number of carbonyl (C=O) groups excluding carboxylic acids is 2. The first-order valence-corrected chi connectivity index (χ1v) is 8.64. The van der Waals surface area contributed by atoms with Crippen molar-refractivity contribution in [2.24, 2.45) is 7.05 Å². The summed E-state index contributed by atoms with van der Waals surface area (Å²) in [5.41, 5.74) is 1.57. The minimum absolute atomic E-state index is 0. The summed E-state index contributed by atoms with van der Waals surface area (Å²) in [6.07, 6.45) is 1.32. The Labute approximate surface area is 181 Å². The first-order chi connectivity index (χ1) is 12.7. The lowest BCUT2D eigenvalue weighted by atomic mass is 10.1. The second kappa shape index (κ2) is 8.30. The number of para-hydroxylation sites is 1. The van der Waals surface area contributed by atoms with Crippen LogP contribution >= 0.6 is 0 Å². The molecule has 0 radical (unpaired) electrons. The van der Waals surface area contributed by atoms with Gasteiger partial charge in [-0.25, -0.2) is 14.2 Å². The molecule has 0 unspecified atom stereocenters. The van der Waals surface area contributed by atoms with Crippen molar-refractivity contribution in [1.82, 2.24) is 4.57 Å².